The van der Waals surface area contributed by atoms with Gasteiger partial charge >= 0.3 is 0 Å². The molecule has 1 aromatic heterocycles. The Kier molecular flexibility index (Phi) is 4.69. The van der Waals surface area contributed by atoms with E-state index in [2.05, 4.69) is 16.4 Å². The molecule has 4 heteroatoms. The number of halogens is 1. The molecule has 2 aromatic rings. The Bertz CT molecular complexity index is 586. The molecule has 106 valence electrons. The number of nitrogens with zero attached hydrogens (tertiary/aromatic N) is 1. The van der Waals surface area contributed by atoms with Gasteiger partial charge in [-0.3, -0.25) is 4.98 Å². The molecule has 0 radical (unpaired) electrons. The number of rotatable bonds is 5. The molecule has 1 N–H and O–H groups in total. The second-order valence-corrected chi connectivity index (χ2v) is 4.68. The molecule has 3 nitrogen and oxygen atoms in total. The van der Waals surface area contributed by atoms with Gasteiger partial charge in [-0.2, -0.15) is 0 Å². The highest BCUT2D eigenvalue weighted by atomic mass is 19.1. The molecule has 1 atom stereocenters. The highest BCUT2D eigenvalue weighted by molar-refractivity contribution is 5.36. The maximum Gasteiger partial charge on any atom is 0.165 e. The molecule has 1 heterocycles. The lowest BCUT2D eigenvalue weighted by Crippen LogP contribution is -2.22. The molecule has 20 heavy (non-hydrogen) atoms. The summed E-state index contributed by atoms with van der Waals surface area (Å²) in [6.45, 7) is 4.80. The van der Waals surface area contributed by atoms with Gasteiger partial charge in [0.2, 0.25) is 0 Å². The second kappa shape index (κ2) is 6.48. The molecule has 0 aliphatic heterocycles. The fourth-order valence-electron chi connectivity index (χ4n) is 2.23. The van der Waals surface area contributed by atoms with Gasteiger partial charge in [0, 0.05) is 12.4 Å². The van der Waals surface area contributed by atoms with E-state index in [4.69, 9.17) is 4.74 Å². The number of methoxy groups -OCH3 is 1. The van der Waals surface area contributed by atoms with Crippen LogP contribution in [-0.2, 0) is 0 Å². The van der Waals surface area contributed by atoms with Crippen molar-refractivity contribution in [3.63, 3.8) is 0 Å². The Labute approximate surface area is 118 Å². The molecule has 0 fully saturated rings. The standard InChI is InChI=1S/C16H19FN2O/c1-4-19-16(13-7-11(2)9-18-10-13)12-5-6-15(20-3)14(17)8-12/h5-10,16,19H,4H2,1-3H3. The minimum atomic E-state index is -0.353. The van der Waals surface area contributed by atoms with Crippen LogP contribution < -0.4 is 10.1 Å². The van der Waals surface area contributed by atoms with Crippen LogP contribution in [0.1, 0.15) is 29.7 Å². The Hall–Kier alpha value is -1.94. The van der Waals surface area contributed by atoms with Crippen LogP contribution in [0.4, 0.5) is 4.39 Å². The predicted molar refractivity (Wildman–Crippen MR) is 77.4 cm³/mol. The van der Waals surface area contributed by atoms with Crippen molar-refractivity contribution in [2.24, 2.45) is 0 Å². The van der Waals surface area contributed by atoms with Crippen molar-refractivity contribution in [2.75, 3.05) is 13.7 Å². The molecule has 0 saturated carbocycles. The lowest BCUT2D eigenvalue weighted by atomic mass is 9.99. The monoisotopic (exact) mass is 274 g/mol. The van der Waals surface area contributed by atoms with E-state index in [1.807, 2.05) is 26.1 Å². The molecule has 0 aliphatic carbocycles. The van der Waals surface area contributed by atoms with Crippen LogP contribution in [0.15, 0.2) is 36.7 Å². The summed E-state index contributed by atoms with van der Waals surface area (Å²) in [5.41, 5.74) is 2.97. The van der Waals surface area contributed by atoms with E-state index in [1.54, 1.807) is 12.3 Å². The molecule has 0 amide bonds. The zero-order valence-corrected chi connectivity index (χ0v) is 12.0. The molecule has 1 unspecified atom stereocenters. The smallest absolute Gasteiger partial charge is 0.165 e. The largest absolute Gasteiger partial charge is 0.494 e. The highest BCUT2D eigenvalue weighted by Gasteiger charge is 2.15. The Balaban J connectivity index is 2.40. The van der Waals surface area contributed by atoms with Crippen molar-refractivity contribution in [3.05, 3.63) is 59.2 Å². The summed E-state index contributed by atoms with van der Waals surface area (Å²) in [7, 11) is 1.46. The lowest BCUT2D eigenvalue weighted by Gasteiger charge is -2.19. The third kappa shape index (κ3) is 3.14. The number of ether oxygens (including phenoxy) is 1. The molecule has 2 rings (SSSR count). The second-order valence-electron chi connectivity index (χ2n) is 4.68. The molecule has 0 bridgehead atoms. The van der Waals surface area contributed by atoms with Crippen molar-refractivity contribution < 1.29 is 9.13 Å². The molecule has 0 aliphatic rings. The summed E-state index contributed by atoms with van der Waals surface area (Å²) in [6.07, 6.45) is 3.61. The van der Waals surface area contributed by atoms with E-state index in [9.17, 15) is 4.39 Å². The van der Waals surface area contributed by atoms with Gasteiger partial charge in [0.05, 0.1) is 13.2 Å². The van der Waals surface area contributed by atoms with Crippen LogP contribution in [-0.4, -0.2) is 18.6 Å². The van der Waals surface area contributed by atoms with Crippen LogP contribution in [0.3, 0.4) is 0 Å². The highest BCUT2D eigenvalue weighted by Crippen LogP contribution is 2.26. The molecular formula is C16H19FN2O. The molecule has 0 saturated heterocycles. The number of hydrogen-bond acceptors (Lipinski definition) is 3. The molecule has 1 aromatic carbocycles. The number of hydrogen-bond donors (Lipinski definition) is 1. The van der Waals surface area contributed by atoms with Crippen molar-refractivity contribution in [2.45, 2.75) is 19.9 Å². The van der Waals surface area contributed by atoms with Gasteiger partial charge in [-0.15, -0.1) is 0 Å². The van der Waals surface area contributed by atoms with E-state index >= 15 is 0 Å². The van der Waals surface area contributed by atoms with Crippen LogP contribution in [0.25, 0.3) is 0 Å². The van der Waals surface area contributed by atoms with Crippen molar-refractivity contribution in [3.8, 4) is 5.75 Å². The summed E-state index contributed by atoms with van der Waals surface area (Å²) in [4.78, 5) is 4.21. The molecular weight excluding hydrogens is 255 g/mol. The maximum absolute atomic E-state index is 13.9. The van der Waals surface area contributed by atoms with E-state index in [-0.39, 0.29) is 17.6 Å². The first-order valence-corrected chi connectivity index (χ1v) is 6.64. The van der Waals surface area contributed by atoms with E-state index in [0.717, 1.165) is 23.2 Å². The summed E-state index contributed by atoms with van der Waals surface area (Å²) in [5.74, 6) is -0.0973. The van der Waals surface area contributed by atoms with Crippen LogP contribution >= 0.6 is 0 Å². The maximum atomic E-state index is 13.9. The van der Waals surface area contributed by atoms with E-state index < -0.39 is 0 Å². The van der Waals surface area contributed by atoms with E-state index in [0.29, 0.717) is 0 Å². The van der Waals surface area contributed by atoms with Gasteiger partial charge in [-0.25, -0.2) is 4.39 Å². The third-order valence-corrected chi connectivity index (χ3v) is 3.15. The Morgan fingerprint density at radius 2 is 2.05 bits per heavy atom. The Morgan fingerprint density at radius 1 is 1.25 bits per heavy atom. The fraction of sp³-hybridized carbons (Fsp3) is 0.312. The fourth-order valence-corrected chi connectivity index (χ4v) is 2.23. The number of nitrogens with one attached hydrogen (secondary N) is 1. The van der Waals surface area contributed by atoms with Crippen LogP contribution in [0.5, 0.6) is 5.75 Å². The number of aryl methyl sites for hydroxylation is 1. The minimum absolute atomic E-state index is 0.0761. The van der Waals surface area contributed by atoms with Crippen molar-refractivity contribution in [1.29, 1.82) is 0 Å². The van der Waals surface area contributed by atoms with Crippen LogP contribution in [0.2, 0.25) is 0 Å². The summed E-state index contributed by atoms with van der Waals surface area (Å²) < 4.78 is 18.8. The first-order chi connectivity index (χ1) is 9.65. The SMILES string of the molecule is CCNC(c1cncc(C)c1)c1ccc(OC)c(F)c1. The first kappa shape index (κ1) is 14.5. The average molecular weight is 274 g/mol. The van der Waals surface area contributed by atoms with Gasteiger partial charge < -0.3 is 10.1 Å². The zero-order valence-electron chi connectivity index (χ0n) is 12.0. The zero-order chi connectivity index (χ0) is 14.5. The van der Waals surface area contributed by atoms with Gasteiger partial charge in [0.15, 0.2) is 11.6 Å². The number of aromatic nitrogens is 1. The Morgan fingerprint density at radius 3 is 2.65 bits per heavy atom. The van der Waals surface area contributed by atoms with Gasteiger partial charge in [0.25, 0.3) is 0 Å². The topological polar surface area (TPSA) is 34.2 Å². The quantitative estimate of drug-likeness (QED) is 0.909. The van der Waals surface area contributed by atoms with Gasteiger partial charge in [-0.1, -0.05) is 19.1 Å². The minimum Gasteiger partial charge on any atom is -0.494 e. The molecule has 0 spiro atoms. The summed E-state index contributed by atoms with van der Waals surface area (Å²) >= 11 is 0. The van der Waals surface area contributed by atoms with Crippen molar-refractivity contribution >= 4 is 0 Å². The van der Waals surface area contributed by atoms with Crippen LogP contribution in [0, 0.1) is 12.7 Å². The first-order valence-electron chi connectivity index (χ1n) is 6.64. The summed E-state index contributed by atoms with van der Waals surface area (Å²) in [5, 5.41) is 3.36. The number of benzene rings is 1. The van der Waals surface area contributed by atoms with Gasteiger partial charge in [0.1, 0.15) is 0 Å². The summed E-state index contributed by atoms with van der Waals surface area (Å²) in [6, 6.07) is 7.01. The normalized spacial score (nSPS) is 12.2. The predicted octanol–water partition coefficient (Wildman–Crippen LogP) is 3.24. The van der Waals surface area contributed by atoms with E-state index in [1.165, 1.54) is 13.2 Å². The van der Waals surface area contributed by atoms with Crippen molar-refractivity contribution in [1.82, 2.24) is 10.3 Å². The average Bonchev–Trinajstić information content (AvgIpc) is 2.44. The lowest BCUT2D eigenvalue weighted by molar-refractivity contribution is 0.385. The van der Waals surface area contributed by atoms with Gasteiger partial charge in [-0.05, 0) is 42.3 Å². The third-order valence-electron chi connectivity index (χ3n) is 3.15. The number of pyridine rings is 1.